The minimum atomic E-state index is -3.48. The zero-order chi connectivity index (χ0) is 20.3. The van der Waals surface area contributed by atoms with E-state index < -0.39 is 16.3 Å². The van der Waals surface area contributed by atoms with Crippen molar-refractivity contribution in [3.63, 3.8) is 0 Å². The van der Waals surface area contributed by atoms with Gasteiger partial charge in [0.2, 0.25) is 10.0 Å². The molecule has 0 aromatic heterocycles. The van der Waals surface area contributed by atoms with E-state index >= 15 is 0 Å². The summed E-state index contributed by atoms with van der Waals surface area (Å²) in [7, 11) is 1.38. The molecule has 1 aliphatic heterocycles. The highest BCUT2D eigenvalue weighted by Gasteiger charge is 2.22. The molecule has 2 aromatic carbocycles. The SMILES string of the molecule is CN(c1ccccc1N1CCCCC1)C(O)c1ccc(S(=O)(=O)N(C)C)cc1. The van der Waals surface area contributed by atoms with Gasteiger partial charge in [-0.25, -0.2) is 12.7 Å². The van der Waals surface area contributed by atoms with Crippen molar-refractivity contribution in [3.8, 4) is 0 Å². The van der Waals surface area contributed by atoms with Crippen molar-refractivity contribution in [1.82, 2.24) is 4.31 Å². The van der Waals surface area contributed by atoms with Gasteiger partial charge in [0, 0.05) is 39.8 Å². The summed E-state index contributed by atoms with van der Waals surface area (Å²) in [4.78, 5) is 4.42. The summed E-state index contributed by atoms with van der Waals surface area (Å²) in [5.41, 5.74) is 2.73. The third-order valence-electron chi connectivity index (χ3n) is 5.28. The fourth-order valence-corrected chi connectivity index (χ4v) is 4.44. The summed E-state index contributed by atoms with van der Waals surface area (Å²) in [6, 6.07) is 14.5. The molecule has 1 aliphatic rings. The molecular formula is C21H29N3O3S. The predicted octanol–water partition coefficient (Wildman–Crippen LogP) is 3.05. The second kappa shape index (κ2) is 8.51. The molecule has 0 aliphatic carbocycles. The lowest BCUT2D eigenvalue weighted by atomic mass is 10.1. The first-order valence-electron chi connectivity index (χ1n) is 9.60. The van der Waals surface area contributed by atoms with Gasteiger partial charge >= 0.3 is 0 Å². The van der Waals surface area contributed by atoms with Crippen LogP contribution in [0.2, 0.25) is 0 Å². The Morgan fingerprint density at radius 1 is 0.929 bits per heavy atom. The summed E-state index contributed by atoms with van der Waals surface area (Å²) >= 11 is 0. The summed E-state index contributed by atoms with van der Waals surface area (Å²) < 4.78 is 25.7. The van der Waals surface area contributed by atoms with Crippen molar-refractivity contribution in [2.24, 2.45) is 0 Å². The third kappa shape index (κ3) is 4.16. The van der Waals surface area contributed by atoms with Crippen molar-refractivity contribution in [2.75, 3.05) is 44.0 Å². The fraction of sp³-hybridized carbons (Fsp3) is 0.429. The zero-order valence-electron chi connectivity index (χ0n) is 16.7. The zero-order valence-corrected chi connectivity index (χ0v) is 17.6. The Kier molecular flexibility index (Phi) is 6.27. The molecule has 1 atom stereocenters. The Labute approximate surface area is 168 Å². The van der Waals surface area contributed by atoms with E-state index in [9.17, 15) is 13.5 Å². The van der Waals surface area contributed by atoms with E-state index in [1.54, 1.807) is 12.1 Å². The number of aliphatic hydroxyl groups excluding tert-OH is 1. The number of nitrogens with zero attached hydrogens (tertiary/aromatic N) is 3. The lowest BCUT2D eigenvalue weighted by Crippen LogP contribution is -2.32. The van der Waals surface area contributed by atoms with Crippen LogP contribution in [-0.4, -0.2) is 52.1 Å². The molecule has 1 heterocycles. The number of benzene rings is 2. The molecule has 0 bridgehead atoms. The van der Waals surface area contributed by atoms with Crippen molar-refractivity contribution in [3.05, 3.63) is 54.1 Å². The number of rotatable bonds is 6. The van der Waals surface area contributed by atoms with Gasteiger partial charge in [-0.05, 0) is 43.5 Å². The molecule has 0 saturated carbocycles. The normalized spacial score (nSPS) is 16.2. The van der Waals surface area contributed by atoms with Crippen LogP contribution >= 0.6 is 0 Å². The van der Waals surface area contributed by atoms with Crippen molar-refractivity contribution >= 4 is 21.4 Å². The second-order valence-corrected chi connectivity index (χ2v) is 9.53. The quantitative estimate of drug-likeness (QED) is 0.751. The minimum absolute atomic E-state index is 0.213. The van der Waals surface area contributed by atoms with E-state index in [0.717, 1.165) is 24.5 Å². The summed E-state index contributed by atoms with van der Waals surface area (Å²) in [6.07, 6.45) is 2.76. The van der Waals surface area contributed by atoms with Crippen LogP contribution in [-0.2, 0) is 10.0 Å². The molecule has 3 rings (SSSR count). The Morgan fingerprint density at radius 3 is 2.14 bits per heavy atom. The van der Waals surface area contributed by atoms with Gasteiger partial charge in [-0.2, -0.15) is 0 Å². The molecule has 1 saturated heterocycles. The van der Waals surface area contributed by atoms with Crippen LogP contribution < -0.4 is 9.80 Å². The van der Waals surface area contributed by atoms with E-state index in [1.807, 2.05) is 30.1 Å². The maximum atomic E-state index is 12.2. The molecule has 152 valence electrons. The van der Waals surface area contributed by atoms with Gasteiger partial charge in [0.1, 0.15) is 0 Å². The standard InChI is InChI=1S/C21H29N3O3S/c1-22(2)28(26,27)18-13-11-17(12-14-18)21(25)23(3)19-9-5-6-10-20(19)24-15-7-4-8-16-24/h5-6,9-14,21,25H,4,7-8,15-16H2,1-3H3. The van der Waals surface area contributed by atoms with Gasteiger partial charge in [0.05, 0.1) is 16.3 Å². The predicted molar refractivity (Wildman–Crippen MR) is 113 cm³/mol. The monoisotopic (exact) mass is 403 g/mol. The number of para-hydroxylation sites is 2. The largest absolute Gasteiger partial charge is 0.370 e. The van der Waals surface area contributed by atoms with Crippen LogP contribution in [0.5, 0.6) is 0 Å². The number of anilines is 2. The number of aliphatic hydroxyl groups is 1. The van der Waals surface area contributed by atoms with Crippen molar-refractivity contribution in [2.45, 2.75) is 30.4 Å². The average molecular weight is 404 g/mol. The molecule has 1 unspecified atom stereocenters. The number of hydrogen-bond donors (Lipinski definition) is 1. The maximum Gasteiger partial charge on any atom is 0.242 e. The van der Waals surface area contributed by atoms with E-state index in [0.29, 0.717) is 5.56 Å². The van der Waals surface area contributed by atoms with Gasteiger partial charge in [-0.15, -0.1) is 0 Å². The van der Waals surface area contributed by atoms with E-state index in [4.69, 9.17) is 0 Å². The molecule has 6 nitrogen and oxygen atoms in total. The first-order valence-corrected chi connectivity index (χ1v) is 11.0. The molecule has 2 aromatic rings. The topological polar surface area (TPSA) is 64.1 Å². The van der Waals surface area contributed by atoms with Gasteiger partial charge in [0.25, 0.3) is 0 Å². The minimum Gasteiger partial charge on any atom is -0.370 e. The molecule has 0 radical (unpaired) electrons. The van der Waals surface area contributed by atoms with Gasteiger partial charge in [-0.3, -0.25) is 0 Å². The summed E-state index contributed by atoms with van der Waals surface area (Å²) in [5, 5.41) is 10.9. The average Bonchev–Trinajstić information content (AvgIpc) is 2.73. The maximum absolute atomic E-state index is 12.2. The fourth-order valence-electron chi connectivity index (χ4n) is 3.54. The van der Waals surface area contributed by atoms with E-state index in [1.165, 1.54) is 49.8 Å². The van der Waals surface area contributed by atoms with Crippen LogP contribution in [0.15, 0.2) is 53.4 Å². The van der Waals surface area contributed by atoms with Crippen molar-refractivity contribution in [1.29, 1.82) is 0 Å². The first kappa shape index (κ1) is 20.6. The third-order valence-corrected chi connectivity index (χ3v) is 7.11. The molecule has 0 spiro atoms. The lowest BCUT2D eigenvalue weighted by molar-refractivity contribution is 0.178. The van der Waals surface area contributed by atoms with Crippen LogP contribution in [0.4, 0.5) is 11.4 Å². The Balaban J connectivity index is 1.84. The summed E-state index contributed by atoms with van der Waals surface area (Å²) in [5.74, 6) is 0. The molecule has 1 fully saturated rings. The highest BCUT2D eigenvalue weighted by molar-refractivity contribution is 7.89. The Bertz CT molecular complexity index is 891. The molecular weight excluding hydrogens is 374 g/mol. The van der Waals surface area contributed by atoms with E-state index in [2.05, 4.69) is 11.0 Å². The first-order chi connectivity index (χ1) is 13.3. The van der Waals surface area contributed by atoms with Gasteiger partial charge in [0.15, 0.2) is 6.23 Å². The number of piperidine rings is 1. The van der Waals surface area contributed by atoms with Crippen LogP contribution in [0.3, 0.4) is 0 Å². The Morgan fingerprint density at radius 2 is 1.54 bits per heavy atom. The molecule has 7 heteroatoms. The smallest absolute Gasteiger partial charge is 0.242 e. The van der Waals surface area contributed by atoms with Crippen LogP contribution in [0.1, 0.15) is 31.1 Å². The second-order valence-electron chi connectivity index (χ2n) is 7.38. The molecule has 1 N–H and O–H groups in total. The van der Waals surface area contributed by atoms with Crippen LogP contribution in [0, 0.1) is 0 Å². The highest BCUT2D eigenvalue weighted by atomic mass is 32.2. The number of sulfonamides is 1. The Hall–Kier alpha value is -2.09. The van der Waals surface area contributed by atoms with Crippen LogP contribution in [0.25, 0.3) is 0 Å². The summed E-state index contributed by atoms with van der Waals surface area (Å²) in [6.45, 7) is 2.05. The molecule has 0 amide bonds. The van der Waals surface area contributed by atoms with Gasteiger partial charge in [-0.1, -0.05) is 24.3 Å². The number of hydrogen-bond acceptors (Lipinski definition) is 5. The highest BCUT2D eigenvalue weighted by Crippen LogP contribution is 2.34. The lowest BCUT2D eigenvalue weighted by Gasteiger charge is -2.34. The van der Waals surface area contributed by atoms with Crippen molar-refractivity contribution < 1.29 is 13.5 Å². The molecule has 28 heavy (non-hydrogen) atoms. The van der Waals surface area contributed by atoms with Gasteiger partial charge < -0.3 is 14.9 Å². The van der Waals surface area contributed by atoms with E-state index in [-0.39, 0.29) is 4.90 Å².